The number of hydrogen-bond donors (Lipinski definition) is 3. The van der Waals surface area contributed by atoms with Gasteiger partial charge in [-0.25, -0.2) is 0 Å². The summed E-state index contributed by atoms with van der Waals surface area (Å²) in [6.07, 6.45) is 0.348. The zero-order valence-corrected chi connectivity index (χ0v) is 6.84. The number of aromatic hydroxyl groups is 2. The molecule has 0 spiro atoms. The van der Waals surface area contributed by atoms with Crippen molar-refractivity contribution in [1.82, 2.24) is 0 Å². The van der Waals surface area contributed by atoms with Crippen molar-refractivity contribution in [3.05, 3.63) is 17.7 Å². The average Bonchev–Trinajstić information content (AvgIpc) is 1.99. The molecule has 1 aromatic rings. The maximum absolute atomic E-state index is 10.2. The van der Waals surface area contributed by atoms with E-state index in [4.69, 9.17) is 15.9 Å². The Morgan fingerprint density at radius 1 is 1.33 bits per heavy atom. The summed E-state index contributed by atoms with van der Waals surface area (Å²) >= 11 is 0. The van der Waals surface area contributed by atoms with E-state index in [1.54, 1.807) is 0 Å². The summed E-state index contributed by atoms with van der Waals surface area (Å²) in [5.74, 6) is -0.647. The molecule has 0 bridgehead atoms. The zero-order chi connectivity index (χ0) is 8.43. The standard InChI is InChI=1S/C7H7NO3.ClH/c8-5-1-2-6(10)4(3-9)7(5)11;/h1-3,10-11H,8H2;1H. The van der Waals surface area contributed by atoms with Gasteiger partial charge in [0.25, 0.3) is 0 Å². The molecule has 4 N–H and O–H groups in total. The van der Waals surface area contributed by atoms with Crippen LogP contribution in [0.1, 0.15) is 10.4 Å². The Labute approximate surface area is 75.0 Å². The van der Waals surface area contributed by atoms with E-state index in [1.165, 1.54) is 12.1 Å². The predicted molar refractivity (Wildman–Crippen MR) is 46.8 cm³/mol. The number of rotatable bonds is 1. The first-order valence-electron chi connectivity index (χ1n) is 2.92. The lowest BCUT2D eigenvalue weighted by molar-refractivity contribution is 0.111. The second-order valence-corrected chi connectivity index (χ2v) is 2.05. The number of carbonyl (C=O) groups excluding carboxylic acids is 1. The van der Waals surface area contributed by atoms with Crippen LogP contribution in [0, 0.1) is 0 Å². The van der Waals surface area contributed by atoms with Crippen LogP contribution in [-0.2, 0) is 0 Å². The summed E-state index contributed by atoms with van der Waals surface area (Å²) in [6.45, 7) is 0. The Kier molecular flexibility index (Phi) is 3.37. The van der Waals surface area contributed by atoms with Crippen molar-refractivity contribution in [1.29, 1.82) is 0 Å². The van der Waals surface area contributed by atoms with Gasteiger partial charge in [0.15, 0.2) is 12.0 Å². The normalized spacial score (nSPS) is 8.67. The summed E-state index contributed by atoms with van der Waals surface area (Å²) in [5.41, 5.74) is 5.14. The van der Waals surface area contributed by atoms with Gasteiger partial charge in [0, 0.05) is 0 Å². The third-order valence-electron chi connectivity index (χ3n) is 1.34. The summed E-state index contributed by atoms with van der Waals surface area (Å²) in [5, 5.41) is 18.0. The molecule has 1 rings (SSSR count). The number of hydrogen-bond acceptors (Lipinski definition) is 4. The van der Waals surface area contributed by atoms with Crippen LogP contribution in [0.4, 0.5) is 5.69 Å². The van der Waals surface area contributed by atoms with E-state index >= 15 is 0 Å². The van der Waals surface area contributed by atoms with Crippen molar-refractivity contribution in [3.63, 3.8) is 0 Å². The topological polar surface area (TPSA) is 83.5 Å². The molecule has 0 saturated carbocycles. The van der Waals surface area contributed by atoms with Crippen molar-refractivity contribution < 1.29 is 15.0 Å². The van der Waals surface area contributed by atoms with E-state index in [-0.39, 0.29) is 35.2 Å². The molecule has 0 atom stereocenters. The first-order valence-corrected chi connectivity index (χ1v) is 2.92. The van der Waals surface area contributed by atoms with Gasteiger partial charge in [-0.05, 0) is 12.1 Å². The van der Waals surface area contributed by atoms with Crippen LogP contribution in [0.15, 0.2) is 12.1 Å². The van der Waals surface area contributed by atoms with Gasteiger partial charge in [-0.15, -0.1) is 12.4 Å². The summed E-state index contributed by atoms with van der Waals surface area (Å²) in [7, 11) is 0. The van der Waals surface area contributed by atoms with Crippen molar-refractivity contribution in [3.8, 4) is 11.5 Å². The molecule has 12 heavy (non-hydrogen) atoms. The Morgan fingerprint density at radius 2 is 1.92 bits per heavy atom. The third-order valence-corrected chi connectivity index (χ3v) is 1.34. The van der Waals surface area contributed by atoms with E-state index in [0.29, 0.717) is 6.29 Å². The number of aldehydes is 1. The van der Waals surface area contributed by atoms with Gasteiger partial charge in [0.05, 0.1) is 11.3 Å². The lowest BCUT2D eigenvalue weighted by atomic mass is 10.2. The molecule has 0 radical (unpaired) electrons. The second-order valence-electron chi connectivity index (χ2n) is 2.05. The van der Waals surface area contributed by atoms with E-state index in [9.17, 15) is 4.79 Å². The Morgan fingerprint density at radius 3 is 2.33 bits per heavy atom. The van der Waals surface area contributed by atoms with E-state index in [1.807, 2.05) is 0 Å². The zero-order valence-electron chi connectivity index (χ0n) is 6.02. The fraction of sp³-hybridized carbons (Fsp3) is 0. The summed E-state index contributed by atoms with van der Waals surface area (Å²) < 4.78 is 0. The van der Waals surface area contributed by atoms with Crippen molar-refractivity contribution in [2.75, 3.05) is 5.73 Å². The minimum atomic E-state index is -0.375. The lowest BCUT2D eigenvalue weighted by Gasteiger charge is -2.02. The number of carbonyl (C=O) groups is 1. The molecule has 1 aromatic carbocycles. The molecule has 0 heterocycles. The van der Waals surface area contributed by atoms with Crippen LogP contribution in [0.2, 0.25) is 0 Å². The minimum absolute atomic E-state index is 0. The first-order chi connectivity index (χ1) is 5.16. The van der Waals surface area contributed by atoms with Gasteiger partial charge in [0.2, 0.25) is 0 Å². The molecule has 66 valence electrons. The van der Waals surface area contributed by atoms with E-state index in [0.717, 1.165) is 0 Å². The molecule has 0 fully saturated rings. The van der Waals surface area contributed by atoms with Crippen LogP contribution in [0.25, 0.3) is 0 Å². The van der Waals surface area contributed by atoms with Crippen molar-refractivity contribution >= 4 is 24.4 Å². The van der Waals surface area contributed by atoms with E-state index < -0.39 is 0 Å². The molecular formula is C7H8ClNO3. The number of benzene rings is 1. The second kappa shape index (κ2) is 3.82. The largest absolute Gasteiger partial charge is 0.507 e. The summed E-state index contributed by atoms with van der Waals surface area (Å²) in [4.78, 5) is 10.2. The number of phenolic OH excluding ortho intramolecular Hbond substituents is 2. The maximum Gasteiger partial charge on any atom is 0.157 e. The lowest BCUT2D eigenvalue weighted by Crippen LogP contribution is -1.90. The molecule has 0 aliphatic rings. The molecule has 0 aliphatic carbocycles. The maximum atomic E-state index is 10.2. The molecule has 4 nitrogen and oxygen atoms in total. The molecule has 0 aromatic heterocycles. The van der Waals surface area contributed by atoms with Gasteiger partial charge in [-0.2, -0.15) is 0 Å². The van der Waals surface area contributed by atoms with Crippen LogP contribution >= 0.6 is 12.4 Å². The van der Waals surface area contributed by atoms with Crippen LogP contribution in [0.3, 0.4) is 0 Å². The SMILES string of the molecule is Cl.Nc1ccc(O)c(C=O)c1O. The highest BCUT2D eigenvalue weighted by atomic mass is 35.5. The van der Waals surface area contributed by atoms with Crippen molar-refractivity contribution in [2.24, 2.45) is 0 Å². The molecule has 0 unspecified atom stereocenters. The van der Waals surface area contributed by atoms with Gasteiger partial charge in [-0.3, -0.25) is 4.79 Å². The first kappa shape index (κ1) is 10.6. The van der Waals surface area contributed by atoms with E-state index in [2.05, 4.69) is 0 Å². The number of nitrogen functional groups attached to an aromatic ring is 1. The van der Waals surface area contributed by atoms with Crippen LogP contribution in [-0.4, -0.2) is 16.5 Å². The van der Waals surface area contributed by atoms with Gasteiger partial charge >= 0.3 is 0 Å². The minimum Gasteiger partial charge on any atom is -0.507 e. The van der Waals surface area contributed by atoms with Gasteiger partial charge in [-0.1, -0.05) is 0 Å². The van der Waals surface area contributed by atoms with Gasteiger partial charge in [0.1, 0.15) is 5.75 Å². The highest BCUT2D eigenvalue weighted by molar-refractivity contribution is 5.86. The molecule has 0 amide bonds. The third kappa shape index (κ3) is 1.60. The number of phenols is 2. The Bertz CT molecular complexity index is 301. The Hall–Kier alpha value is -1.42. The Balaban J connectivity index is 0.00000121. The summed E-state index contributed by atoms with van der Waals surface area (Å²) in [6, 6.07) is 2.57. The fourth-order valence-corrected chi connectivity index (χ4v) is 0.730. The fourth-order valence-electron chi connectivity index (χ4n) is 0.730. The molecule has 0 aliphatic heterocycles. The molecule has 0 saturated heterocycles. The predicted octanol–water partition coefficient (Wildman–Crippen LogP) is 0.914. The van der Waals surface area contributed by atoms with Crippen molar-refractivity contribution in [2.45, 2.75) is 0 Å². The molecule has 5 heteroatoms. The highest BCUT2D eigenvalue weighted by Crippen LogP contribution is 2.30. The smallest absolute Gasteiger partial charge is 0.157 e. The van der Waals surface area contributed by atoms with Crippen LogP contribution in [0.5, 0.6) is 11.5 Å². The highest BCUT2D eigenvalue weighted by Gasteiger charge is 2.08. The number of anilines is 1. The van der Waals surface area contributed by atoms with Crippen LogP contribution < -0.4 is 5.73 Å². The quantitative estimate of drug-likeness (QED) is 0.265. The molecular weight excluding hydrogens is 182 g/mol. The number of nitrogens with two attached hydrogens (primary N) is 1. The monoisotopic (exact) mass is 189 g/mol. The van der Waals surface area contributed by atoms with Gasteiger partial charge < -0.3 is 15.9 Å². The average molecular weight is 190 g/mol. The number of halogens is 1.